The molecule has 0 unspecified atom stereocenters. The van der Waals surface area contributed by atoms with Crippen LogP contribution in [0.25, 0.3) is 10.9 Å². The zero-order valence-corrected chi connectivity index (χ0v) is 15.3. The minimum atomic E-state index is -2.68. The number of benzene rings is 2. The third kappa shape index (κ3) is 3.95. The number of rotatable bonds is 6. The highest BCUT2D eigenvalue weighted by molar-refractivity contribution is 6.07. The van der Waals surface area contributed by atoms with Gasteiger partial charge in [-0.15, -0.1) is 0 Å². The summed E-state index contributed by atoms with van der Waals surface area (Å²) in [4.78, 5) is 27.1. The molecule has 1 heterocycles. The molecule has 3 rings (SSSR count). The number of aryl methyl sites for hydroxylation is 2. The van der Waals surface area contributed by atoms with Crippen molar-refractivity contribution in [2.75, 3.05) is 11.9 Å². The van der Waals surface area contributed by atoms with Gasteiger partial charge in [-0.1, -0.05) is 6.07 Å². The van der Waals surface area contributed by atoms with Crippen LogP contribution in [-0.4, -0.2) is 29.8 Å². The quantitative estimate of drug-likeness (QED) is 0.600. The number of halogens is 2. The molecule has 6 nitrogen and oxygen atoms in total. The van der Waals surface area contributed by atoms with Gasteiger partial charge in [-0.25, -0.2) is 8.78 Å². The molecule has 0 bridgehead atoms. The van der Waals surface area contributed by atoms with Crippen molar-refractivity contribution >= 4 is 28.4 Å². The molecule has 28 heavy (non-hydrogen) atoms. The van der Waals surface area contributed by atoms with Crippen molar-refractivity contribution in [3.63, 3.8) is 0 Å². The molecule has 4 N–H and O–H groups in total. The number of nitrogens with two attached hydrogens (primary N) is 1. The van der Waals surface area contributed by atoms with Gasteiger partial charge >= 0.3 is 0 Å². The SMILES string of the molecule is Cc1ccc2[nH]c(C(=O)Nc3cc(C(N)=O)ccc3OCC(F)F)cc2c1C. The van der Waals surface area contributed by atoms with Gasteiger partial charge in [0.15, 0.2) is 0 Å². The molecule has 2 aromatic carbocycles. The molecule has 0 spiro atoms. The topological polar surface area (TPSA) is 97.2 Å². The number of aromatic amines is 1. The van der Waals surface area contributed by atoms with Crippen LogP contribution in [0.3, 0.4) is 0 Å². The molecule has 1 aromatic heterocycles. The lowest BCUT2D eigenvalue weighted by Gasteiger charge is -2.13. The van der Waals surface area contributed by atoms with E-state index in [9.17, 15) is 18.4 Å². The van der Waals surface area contributed by atoms with E-state index in [0.717, 1.165) is 22.0 Å². The third-order valence-electron chi connectivity index (χ3n) is 4.47. The van der Waals surface area contributed by atoms with Crippen molar-refractivity contribution in [2.45, 2.75) is 20.3 Å². The van der Waals surface area contributed by atoms with Crippen molar-refractivity contribution in [2.24, 2.45) is 5.73 Å². The summed E-state index contributed by atoms with van der Waals surface area (Å²) in [7, 11) is 0. The molecule has 0 atom stereocenters. The minimum Gasteiger partial charge on any atom is -0.485 e. The first-order chi connectivity index (χ1) is 13.3. The van der Waals surface area contributed by atoms with Crippen LogP contribution in [0, 0.1) is 13.8 Å². The molecule has 8 heteroatoms. The minimum absolute atomic E-state index is 0.0155. The van der Waals surface area contributed by atoms with Crippen LogP contribution in [0.4, 0.5) is 14.5 Å². The van der Waals surface area contributed by atoms with Gasteiger partial charge in [-0.05, 0) is 55.3 Å². The van der Waals surface area contributed by atoms with Crippen LogP contribution in [0.1, 0.15) is 32.0 Å². The first-order valence-corrected chi connectivity index (χ1v) is 8.51. The average molecular weight is 387 g/mol. The lowest BCUT2D eigenvalue weighted by Crippen LogP contribution is -2.16. The molecule has 0 aliphatic carbocycles. The van der Waals surface area contributed by atoms with Gasteiger partial charge in [0.05, 0.1) is 5.69 Å². The number of aromatic nitrogens is 1. The Labute approximate surface area is 159 Å². The number of hydrogen-bond donors (Lipinski definition) is 3. The first-order valence-electron chi connectivity index (χ1n) is 8.51. The summed E-state index contributed by atoms with van der Waals surface area (Å²) in [6.45, 7) is 3.09. The number of hydrogen-bond acceptors (Lipinski definition) is 3. The maximum atomic E-state index is 12.7. The van der Waals surface area contributed by atoms with Gasteiger partial charge in [-0.3, -0.25) is 9.59 Å². The monoisotopic (exact) mass is 387 g/mol. The van der Waals surface area contributed by atoms with E-state index in [1.807, 2.05) is 26.0 Å². The molecule has 0 fully saturated rings. The lowest BCUT2D eigenvalue weighted by molar-refractivity contribution is 0.0821. The molecule has 0 saturated heterocycles. The Morgan fingerprint density at radius 2 is 1.93 bits per heavy atom. The largest absolute Gasteiger partial charge is 0.485 e. The van der Waals surface area contributed by atoms with Gasteiger partial charge < -0.3 is 20.8 Å². The Hall–Kier alpha value is -3.42. The number of ether oxygens (including phenoxy) is 1. The standard InChI is InChI=1S/C20H19F2N3O3/c1-10-3-5-14-13(11(10)2)8-16(24-14)20(27)25-15-7-12(19(23)26)4-6-17(15)28-9-18(21)22/h3-8,18,24H,9H2,1-2H3,(H2,23,26)(H,25,27). The number of fused-ring (bicyclic) bond motifs is 1. The van der Waals surface area contributed by atoms with E-state index in [0.29, 0.717) is 0 Å². The van der Waals surface area contributed by atoms with E-state index in [1.165, 1.54) is 18.2 Å². The number of anilines is 1. The van der Waals surface area contributed by atoms with Crippen molar-refractivity contribution in [3.8, 4) is 5.75 Å². The van der Waals surface area contributed by atoms with Crippen molar-refractivity contribution in [1.82, 2.24) is 4.98 Å². The summed E-state index contributed by atoms with van der Waals surface area (Å²) >= 11 is 0. The van der Waals surface area contributed by atoms with Gasteiger partial charge in [-0.2, -0.15) is 0 Å². The Morgan fingerprint density at radius 3 is 2.61 bits per heavy atom. The van der Waals surface area contributed by atoms with E-state index in [-0.39, 0.29) is 22.7 Å². The Balaban J connectivity index is 1.92. The molecular formula is C20H19F2N3O3. The van der Waals surface area contributed by atoms with Crippen LogP contribution >= 0.6 is 0 Å². The Kier molecular flexibility index (Phi) is 5.30. The summed E-state index contributed by atoms with van der Waals surface area (Å²) < 4.78 is 30.0. The molecule has 0 aliphatic rings. The Bertz CT molecular complexity index is 1060. The third-order valence-corrected chi connectivity index (χ3v) is 4.47. The summed E-state index contributed by atoms with van der Waals surface area (Å²) in [5, 5.41) is 3.50. The van der Waals surface area contributed by atoms with Crippen LogP contribution < -0.4 is 15.8 Å². The predicted octanol–water partition coefficient (Wildman–Crippen LogP) is 3.78. The van der Waals surface area contributed by atoms with E-state index in [2.05, 4.69) is 10.3 Å². The van der Waals surface area contributed by atoms with Crippen molar-refractivity contribution < 1.29 is 23.1 Å². The fourth-order valence-electron chi connectivity index (χ4n) is 2.83. The lowest BCUT2D eigenvalue weighted by atomic mass is 10.1. The fraction of sp³-hybridized carbons (Fsp3) is 0.200. The number of alkyl halides is 2. The normalized spacial score (nSPS) is 11.0. The van der Waals surface area contributed by atoms with Gasteiger partial charge in [0.25, 0.3) is 12.3 Å². The van der Waals surface area contributed by atoms with Crippen molar-refractivity contribution in [3.05, 3.63) is 58.8 Å². The maximum absolute atomic E-state index is 12.7. The second-order valence-corrected chi connectivity index (χ2v) is 6.38. The summed E-state index contributed by atoms with van der Waals surface area (Å²) in [6.07, 6.45) is -2.68. The zero-order valence-electron chi connectivity index (χ0n) is 15.3. The number of primary amides is 1. The second-order valence-electron chi connectivity index (χ2n) is 6.38. The summed E-state index contributed by atoms with van der Waals surface area (Å²) in [5.74, 6) is -1.20. The Morgan fingerprint density at radius 1 is 1.18 bits per heavy atom. The van der Waals surface area contributed by atoms with Gasteiger partial charge in [0, 0.05) is 16.5 Å². The zero-order chi connectivity index (χ0) is 20.4. The first kappa shape index (κ1) is 19.3. The van der Waals surface area contributed by atoms with E-state index < -0.39 is 24.8 Å². The van der Waals surface area contributed by atoms with E-state index in [4.69, 9.17) is 10.5 Å². The number of H-pyrrole nitrogens is 1. The second kappa shape index (κ2) is 7.67. The molecule has 0 radical (unpaired) electrons. The fourth-order valence-corrected chi connectivity index (χ4v) is 2.83. The highest BCUT2D eigenvalue weighted by Crippen LogP contribution is 2.28. The van der Waals surface area contributed by atoms with E-state index >= 15 is 0 Å². The number of carbonyl (C=O) groups is 2. The van der Waals surface area contributed by atoms with Crippen molar-refractivity contribution in [1.29, 1.82) is 0 Å². The molecule has 0 aliphatic heterocycles. The highest BCUT2D eigenvalue weighted by Gasteiger charge is 2.16. The van der Waals surface area contributed by atoms with Crippen LogP contribution in [0.5, 0.6) is 5.75 Å². The highest BCUT2D eigenvalue weighted by atomic mass is 19.3. The molecular weight excluding hydrogens is 368 g/mol. The van der Waals surface area contributed by atoms with Crippen LogP contribution in [-0.2, 0) is 0 Å². The molecule has 146 valence electrons. The number of amides is 2. The molecule has 0 saturated carbocycles. The smallest absolute Gasteiger partial charge is 0.272 e. The average Bonchev–Trinajstić information content (AvgIpc) is 3.08. The molecule has 3 aromatic rings. The van der Waals surface area contributed by atoms with Crippen LogP contribution in [0.2, 0.25) is 0 Å². The predicted molar refractivity (Wildman–Crippen MR) is 102 cm³/mol. The van der Waals surface area contributed by atoms with Gasteiger partial charge in [0.1, 0.15) is 18.1 Å². The molecule has 2 amide bonds. The number of nitrogens with one attached hydrogen (secondary N) is 2. The maximum Gasteiger partial charge on any atom is 0.272 e. The summed E-state index contributed by atoms with van der Waals surface area (Å²) in [6, 6.07) is 9.48. The summed E-state index contributed by atoms with van der Waals surface area (Å²) in [5.41, 5.74) is 8.67. The number of carbonyl (C=O) groups excluding carboxylic acids is 2. The van der Waals surface area contributed by atoms with Gasteiger partial charge in [0.2, 0.25) is 5.91 Å². The van der Waals surface area contributed by atoms with E-state index in [1.54, 1.807) is 6.07 Å². The van der Waals surface area contributed by atoms with Crippen LogP contribution in [0.15, 0.2) is 36.4 Å².